The molecule has 1 atom stereocenters. The van der Waals surface area contributed by atoms with Gasteiger partial charge in [-0.25, -0.2) is 0 Å². The molecular formula is C15H19NO3. The molecule has 0 aromatic heterocycles. The SMILES string of the molecule is C=CCC(CC(=O)NCc1ccc(C)cc1)C(=O)O. The Kier molecular flexibility index (Phi) is 5.79. The maximum Gasteiger partial charge on any atom is 0.307 e. The smallest absolute Gasteiger partial charge is 0.307 e. The fourth-order valence-electron chi connectivity index (χ4n) is 1.68. The third-order valence-corrected chi connectivity index (χ3v) is 2.84. The molecule has 19 heavy (non-hydrogen) atoms. The van der Waals surface area contributed by atoms with E-state index in [2.05, 4.69) is 11.9 Å². The number of carboxylic acids is 1. The predicted octanol–water partition coefficient (Wildman–Crippen LogP) is 2.28. The molecule has 1 unspecified atom stereocenters. The molecule has 4 heteroatoms. The number of aryl methyl sites for hydroxylation is 1. The second kappa shape index (κ2) is 7.36. The van der Waals surface area contributed by atoms with Crippen LogP contribution in [0.3, 0.4) is 0 Å². The van der Waals surface area contributed by atoms with Crippen LogP contribution in [0.2, 0.25) is 0 Å². The Morgan fingerprint density at radius 2 is 2.00 bits per heavy atom. The zero-order valence-electron chi connectivity index (χ0n) is 11.1. The van der Waals surface area contributed by atoms with Crippen molar-refractivity contribution >= 4 is 11.9 Å². The van der Waals surface area contributed by atoms with E-state index in [0.717, 1.165) is 11.1 Å². The summed E-state index contributed by atoms with van der Waals surface area (Å²) < 4.78 is 0. The first-order chi connectivity index (χ1) is 9.02. The quantitative estimate of drug-likeness (QED) is 0.740. The minimum absolute atomic E-state index is 0.0206. The summed E-state index contributed by atoms with van der Waals surface area (Å²) in [5.41, 5.74) is 2.15. The maximum atomic E-state index is 11.7. The van der Waals surface area contributed by atoms with Crippen molar-refractivity contribution in [1.29, 1.82) is 0 Å². The molecule has 1 rings (SSSR count). The second-order valence-electron chi connectivity index (χ2n) is 4.53. The van der Waals surface area contributed by atoms with E-state index in [1.165, 1.54) is 6.08 Å². The van der Waals surface area contributed by atoms with Gasteiger partial charge in [-0.3, -0.25) is 9.59 Å². The molecule has 1 amide bonds. The molecule has 0 saturated carbocycles. The lowest BCUT2D eigenvalue weighted by molar-refractivity contribution is -0.143. The zero-order chi connectivity index (χ0) is 14.3. The van der Waals surface area contributed by atoms with Gasteiger partial charge in [-0.15, -0.1) is 6.58 Å². The summed E-state index contributed by atoms with van der Waals surface area (Å²) in [6.07, 6.45) is 1.80. The van der Waals surface area contributed by atoms with Crippen molar-refractivity contribution in [2.24, 2.45) is 5.92 Å². The third kappa shape index (κ3) is 5.38. The lowest BCUT2D eigenvalue weighted by atomic mass is 10.0. The Hall–Kier alpha value is -2.10. The molecule has 1 aromatic carbocycles. The fourth-order valence-corrected chi connectivity index (χ4v) is 1.68. The molecule has 0 saturated heterocycles. The number of hydrogen-bond donors (Lipinski definition) is 2. The summed E-state index contributed by atoms with van der Waals surface area (Å²) in [5, 5.41) is 11.7. The Bertz CT molecular complexity index is 451. The van der Waals surface area contributed by atoms with Crippen LogP contribution >= 0.6 is 0 Å². The first-order valence-corrected chi connectivity index (χ1v) is 6.19. The largest absolute Gasteiger partial charge is 0.481 e. The average molecular weight is 261 g/mol. The molecule has 1 aromatic rings. The minimum Gasteiger partial charge on any atom is -0.481 e. The summed E-state index contributed by atoms with van der Waals surface area (Å²) in [4.78, 5) is 22.6. The van der Waals surface area contributed by atoms with Crippen molar-refractivity contribution in [3.63, 3.8) is 0 Å². The molecule has 0 fully saturated rings. The van der Waals surface area contributed by atoms with Crippen LogP contribution in [-0.4, -0.2) is 17.0 Å². The van der Waals surface area contributed by atoms with Crippen LogP contribution in [0.5, 0.6) is 0 Å². The lowest BCUT2D eigenvalue weighted by Gasteiger charge is -2.10. The molecule has 0 aliphatic heterocycles. The van der Waals surface area contributed by atoms with Crippen molar-refractivity contribution in [2.75, 3.05) is 0 Å². The Balaban J connectivity index is 2.44. The molecule has 0 heterocycles. The number of amides is 1. The number of carbonyl (C=O) groups is 2. The van der Waals surface area contributed by atoms with Crippen LogP contribution in [0.1, 0.15) is 24.0 Å². The minimum atomic E-state index is -0.967. The topological polar surface area (TPSA) is 66.4 Å². The number of nitrogens with one attached hydrogen (secondary N) is 1. The van der Waals surface area contributed by atoms with E-state index in [1.54, 1.807) is 0 Å². The molecule has 0 bridgehead atoms. The van der Waals surface area contributed by atoms with E-state index in [-0.39, 0.29) is 12.3 Å². The Morgan fingerprint density at radius 1 is 1.37 bits per heavy atom. The molecule has 0 aliphatic carbocycles. The van der Waals surface area contributed by atoms with Crippen molar-refractivity contribution in [3.05, 3.63) is 48.0 Å². The normalized spacial score (nSPS) is 11.6. The van der Waals surface area contributed by atoms with Crippen molar-refractivity contribution in [1.82, 2.24) is 5.32 Å². The van der Waals surface area contributed by atoms with Gasteiger partial charge in [-0.05, 0) is 18.9 Å². The first-order valence-electron chi connectivity index (χ1n) is 6.19. The zero-order valence-corrected chi connectivity index (χ0v) is 11.1. The van der Waals surface area contributed by atoms with E-state index in [4.69, 9.17) is 5.11 Å². The monoisotopic (exact) mass is 261 g/mol. The van der Waals surface area contributed by atoms with E-state index in [9.17, 15) is 9.59 Å². The van der Waals surface area contributed by atoms with E-state index < -0.39 is 11.9 Å². The van der Waals surface area contributed by atoms with Crippen LogP contribution in [0.4, 0.5) is 0 Å². The number of hydrogen-bond acceptors (Lipinski definition) is 2. The molecule has 4 nitrogen and oxygen atoms in total. The van der Waals surface area contributed by atoms with Gasteiger partial charge in [0.1, 0.15) is 0 Å². The summed E-state index contributed by atoms with van der Waals surface area (Å²) in [7, 11) is 0. The lowest BCUT2D eigenvalue weighted by Crippen LogP contribution is -2.27. The number of carbonyl (C=O) groups excluding carboxylic acids is 1. The van der Waals surface area contributed by atoms with Crippen molar-refractivity contribution < 1.29 is 14.7 Å². The Morgan fingerprint density at radius 3 is 2.53 bits per heavy atom. The van der Waals surface area contributed by atoms with Crippen LogP contribution < -0.4 is 5.32 Å². The number of benzene rings is 1. The molecule has 0 spiro atoms. The number of allylic oxidation sites excluding steroid dienone is 1. The van der Waals surface area contributed by atoms with Gasteiger partial charge >= 0.3 is 5.97 Å². The molecule has 2 N–H and O–H groups in total. The summed E-state index contributed by atoms with van der Waals surface area (Å²) in [5.74, 6) is -1.92. The molecular weight excluding hydrogens is 242 g/mol. The van der Waals surface area contributed by atoms with Gasteiger partial charge in [0.25, 0.3) is 0 Å². The second-order valence-corrected chi connectivity index (χ2v) is 4.53. The van der Waals surface area contributed by atoms with Gasteiger partial charge in [0, 0.05) is 13.0 Å². The highest BCUT2D eigenvalue weighted by Gasteiger charge is 2.19. The van der Waals surface area contributed by atoms with Crippen molar-refractivity contribution in [3.8, 4) is 0 Å². The van der Waals surface area contributed by atoms with Crippen LogP contribution in [0, 0.1) is 12.8 Å². The molecule has 0 aliphatic rings. The first kappa shape index (κ1) is 15.0. The van der Waals surface area contributed by atoms with E-state index in [0.29, 0.717) is 13.0 Å². The van der Waals surface area contributed by atoms with E-state index in [1.807, 2.05) is 31.2 Å². The molecule has 0 radical (unpaired) electrons. The van der Waals surface area contributed by atoms with Gasteiger partial charge in [0.2, 0.25) is 5.91 Å². The number of rotatable bonds is 7. The summed E-state index contributed by atoms with van der Waals surface area (Å²) >= 11 is 0. The standard InChI is InChI=1S/C15H19NO3/c1-3-4-13(15(18)19)9-14(17)16-10-12-7-5-11(2)6-8-12/h3,5-8,13H,1,4,9-10H2,2H3,(H,16,17)(H,18,19). The fraction of sp³-hybridized carbons (Fsp3) is 0.333. The highest BCUT2D eigenvalue weighted by atomic mass is 16.4. The highest BCUT2D eigenvalue weighted by Crippen LogP contribution is 2.10. The summed E-state index contributed by atoms with van der Waals surface area (Å²) in [6, 6.07) is 7.82. The van der Waals surface area contributed by atoms with E-state index >= 15 is 0 Å². The number of carboxylic acid groups (broad SMARTS) is 1. The molecule has 102 valence electrons. The maximum absolute atomic E-state index is 11.7. The summed E-state index contributed by atoms with van der Waals surface area (Å²) in [6.45, 7) is 5.91. The van der Waals surface area contributed by atoms with Crippen LogP contribution in [0.25, 0.3) is 0 Å². The van der Waals surface area contributed by atoms with Crippen LogP contribution in [-0.2, 0) is 16.1 Å². The van der Waals surface area contributed by atoms with Gasteiger partial charge in [-0.2, -0.15) is 0 Å². The van der Waals surface area contributed by atoms with Crippen molar-refractivity contribution in [2.45, 2.75) is 26.3 Å². The van der Waals surface area contributed by atoms with Gasteiger partial charge < -0.3 is 10.4 Å². The Labute approximate surface area is 113 Å². The van der Waals surface area contributed by atoms with Gasteiger partial charge in [-0.1, -0.05) is 35.9 Å². The predicted molar refractivity (Wildman–Crippen MR) is 73.6 cm³/mol. The highest BCUT2D eigenvalue weighted by molar-refractivity contribution is 5.82. The average Bonchev–Trinajstić information content (AvgIpc) is 2.37. The van der Waals surface area contributed by atoms with Gasteiger partial charge in [0.15, 0.2) is 0 Å². The van der Waals surface area contributed by atoms with Gasteiger partial charge in [0.05, 0.1) is 5.92 Å². The third-order valence-electron chi connectivity index (χ3n) is 2.84. The van der Waals surface area contributed by atoms with Crippen LogP contribution in [0.15, 0.2) is 36.9 Å². The number of aliphatic carboxylic acids is 1.